The summed E-state index contributed by atoms with van der Waals surface area (Å²) in [7, 11) is 0. The standard InChI is InChI=1S/C45H86O6/c1-5-7-9-11-12-13-18-22-25-29-32-36-43(46)49-39-42(51-45(48)38-34-27-10-8-6-2)40-50-44(47)37-33-30-26-23-20-17-15-14-16-19-21-24-28-31-35-41(3)4/h41-42H,5-40H2,1-4H3/t42-/m1/s1. The molecule has 1 atom stereocenters. The molecule has 0 bridgehead atoms. The van der Waals surface area contributed by atoms with E-state index < -0.39 is 6.10 Å². The summed E-state index contributed by atoms with van der Waals surface area (Å²) in [5.41, 5.74) is 0. The molecule has 0 aromatic carbocycles. The van der Waals surface area contributed by atoms with Gasteiger partial charge in [0.25, 0.3) is 0 Å². The van der Waals surface area contributed by atoms with Gasteiger partial charge in [0.15, 0.2) is 6.10 Å². The van der Waals surface area contributed by atoms with Crippen LogP contribution >= 0.6 is 0 Å². The molecule has 0 fully saturated rings. The smallest absolute Gasteiger partial charge is 0.306 e. The van der Waals surface area contributed by atoms with Gasteiger partial charge in [-0.1, -0.05) is 207 Å². The lowest BCUT2D eigenvalue weighted by molar-refractivity contribution is -0.167. The summed E-state index contributed by atoms with van der Waals surface area (Å²) in [6.07, 6.45) is 38.3. The Hall–Kier alpha value is -1.59. The highest BCUT2D eigenvalue weighted by Crippen LogP contribution is 2.16. The fourth-order valence-corrected chi connectivity index (χ4v) is 6.63. The van der Waals surface area contributed by atoms with E-state index >= 15 is 0 Å². The van der Waals surface area contributed by atoms with Crippen molar-refractivity contribution in [2.45, 2.75) is 252 Å². The Kier molecular flexibility index (Phi) is 38.4. The van der Waals surface area contributed by atoms with Crippen LogP contribution < -0.4 is 0 Å². The van der Waals surface area contributed by atoms with E-state index in [1.807, 2.05) is 0 Å². The lowest BCUT2D eigenvalue weighted by Gasteiger charge is -2.18. The van der Waals surface area contributed by atoms with Gasteiger partial charge in [0.05, 0.1) is 0 Å². The highest BCUT2D eigenvalue weighted by Gasteiger charge is 2.19. The summed E-state index contributed by atoms with van der Waals surface area (Å²) in [6.45, 7) is 8.92. The molecule has 0 rings (SSSR count). The average molecular weight is 723 g/mol. The molecule has 0 heterocycles. The van der Waals surface area contributed by atoms with Gasteiger partial charge in [0.1, 0.15) is 13.2 Å². The number of carbonyl (C=O) groups excluding carboxylic acids is 3. The van der Waals surface area contributed by atoms with Crippen LogP contribution in [-0.4, -0.2) is 37.2 Å². The first-order valence-corrected chi connectivity index (χ1v) is 22.4. The molecule has 51 heavy (non-hydrogen) atoms. The van der Waals surface area contributed by atoms with Crippen LogP contribution in [0.1, 0.15) is 246 Å². The van der Waals surface area contributed by atoms with E-state index in [1.54, 1.807) is 0 Å². The Morgan fingerprint density at radius 1 is 0.373 bits per heavy atom. The monoisotopic (exact) mass is 723 g/mol. The van der Waals surface area contributed by atoms with Crippen molar-refractivity contribution in [3.05, 3.63) is 0 Å². The molecular weight excluding hydrogens is 636 g/mol. The molecule has 6 heteroatoms. The van der Waals surface area contributed by atoms with Gasteiger partial charge in [-0.2, -0.15) is 0 Å². The van der Waals surface area contributed by atoms with E-state index in [4.69, 9.17) is 14.2 Å². The number of esters is 3. The molecule has 0 saturated heterocycles. The van der Waals surface area contributed by atoms with Crippen LogP contribution in [0.15, 0.2) is 0 Å². The second-order valence-electron chi connectivity index (χ2n) is 15.8. The largest absolute Gasteiger partial charge is 0.462 e. The summed E-state index contributed by atoms with van der Waals surface area (Å²) in [5, 5.41) is 0. The van der Waals surface area contributed by atoms with Crippen LogP contribution in [0, 0.1) is 5.92 Å². The minimum atomic E-state index is -0.756. The van der Waals surface area contributed by atoms with Crippen LogP contribution in [0.4, 0.5) is 0 Å². The van der Waals surface area contributed by atoms with E-state index in [-0.39, 0.29) is 31.1 Å². The van der Waals surface area contributed by atoms with E-state index in [0.717, 1.165) is 70.1 Å². The second kappa shape index (κ2) is 39.6. The van der Waals surface area contributed by atoms with Crippen molar-refractivity contribution in [1.29, 1.82) is 0 Å². The van der Waals surface area contributed by atoms with Crippen molar-refractivity contribution in [2.24, 2.45) is 5.92 Å². The van der Waals surface area contributed by atoms with Gasteiger partial charge < -0.3 is 14.2 Å². The maximum absolute atomic E-state index is 12.5. The minimum Gasteiger partial charge on any atom is -0.462 e. The average Bonchev–Trinajstić information content (AvgIpc) is 3.11. The lowest BCUT2D eigenvalue weighted by Crippen LogP contribution is -2.30. The summed E-state index contributed by atoms with van der Waals surface area (Å²) < 4.78 is 16.6. The molecule has 0 N–H and O–H groups in total. The van der Waals surface area contributed by atoms with E-state index in [1.165, 1.54) is 135 Å². The van der Waals surface area contributed by atoms with Gasteiger partial charge in [-0.05, 0) is 25.2 Å². The van der Waals surface area contributed by atoms with E-state index in [2.05, 4.69) is 27.7 Å². The quantitative estimate of drug-likeness (QED) is 0.0356. The molecule has 0 aliphatic rings. The number of carbonyl (C=O) groups is 3. The predicted molar refractivity (Wildman–Crippen MR) is 215 cm³/mol. The van der Waals surface area contributed by atoms with Crippen molar-refractivity contribution in [1.82, 2.24) is 0 Å². The number of ether oxygens (including phenoxy) is 3. The van der Waals surface area contributed by atoms with Crippen molar-refractivity contribution >= 4 is 17.9 Å². The Balaban J connectivity index is 4.11. The molecule has 0 saturated carbocycles. The van der Waals surface area contributed by atoms with Crippen LogP contribution in [0.2, 0.25) is 0 Å². The van der Waals surface area contributed by atoms with Gasteiger partial charge in [0, 0.05) is 19.3 Å². The Morgan fingerprint density at radius 2 is 0.647 bits per heavy atom. The van der Waals surface area contributed by atoms with Crippen molar-refractivity contribution < 1.29 is 28.6 Å². The fourth-order valence-electron chi connectivity index (χ4n) is 6.63. The molecule has 0 aromatic heterocycles. The summed E-state index contributed by atoms with van der Waals surface area (Å²) in [5.74, 6) is -0.0254. The fraction of sp³-hybridized carbons (Fsp3) is 0.933. The molecule has 0 aromatic rings. The van der Waals surface area contributed by atoms with E-state index in [0.29, 0.717) is 19.3 Å². The lowest BCUT2D eigenvalue weighted by atomic mass is 10.0. The second-order valence-corrected chi connectivity index (χ2v) is 15.8. The van der Waals surface area contributed by atoms with Gasteiger partial charge in [-0.25, -0.2) is 0 Å². The molecule has 0 aliphatic carbocycles. The van der Waals surface area contributed by atoms with Crippen molar-refractivity contribution in [2.75, 3.05) is 13.2 Å². The van der Waals surface area contributed by atoms with Crippen LogP contribution in [-0.2, 0) is 28.6 Å². The summed E-state index contributed by atoms with van der Waals surface area (Å²) >= 11 is 0. The topological polar surface area (TPSA) is 78.9 Å². The highest BCUT2D eigenvalue weighted by atomic mass is 16.6. The minimum absolute atomic E-state index is 0.0652. The van der Waals surface area contributed by atoms with Gasteiger partial charge in [-0.3, -0.25) is 14.4 Å². The number of hydrogen-bond acceptors (Lipinski definition) is 6. The Labute approximate surface area is 317 Å². The molecule has 0 radical (unpaired) electrons. The third kappa shape index (κ3) is 39.5. The molecular formula is C45H86O6. The van der Waals surface area contributed by atoms with Gasteiger partial charge in [0.2, 0.25) is 0 Å². The number of unbranched alkanes of at least 4 members (excludes halogenated alkanes) is 27. The summed E-state index contributed by atoms with van der Waals surface area (Å²) in [6, 6.07) is 0. The van der Waals surface area contributed by atoms with Gasteiger partial charge >= 0.3 is 17.9 Å². The predicted octanol–water partition coefficient (Wildman–Crippen LogP) is 13.9. The summed E-state index contributed by atoms with van der Waals surface area (Å²) in [4.78, 5) is 37.4. The zero-order chi connectivity index (χ0) is 37.5. The maximum Gasteiger partial charge on any atom is 0.306 e. The Bertz CT molecular complexity index is 766. The van der Waals surface area contributed by atoms with Crippen molar-refractivity contribution in [3.63, 3.8) is 0 Å². The molecule has 6 nitrogen and oxygen atoms in total. The SMILES string of the molecule is CCCCCCCCCCCCCC(=O)OC[C@H](COC(=O)CCCCCCCCCCCCCCCCC(C)C)OC(=O)CCCCCCC. The highest BCUT2D eigenvalue weighted by molar-refractivity contribution is 5.71. The number of rotatable bonds is 40. The number of hydrogen-bond donors (Lipinski definition) is 0. The van der Waals surface area contributed by atoms with E-state index in [9.17, 15) is 14.4 Å². The van der Waals surface area contributed by atoms with Crippen LogP contribution in [0.3, 0.4) is 0 Å². The molecule has 0 amide bonds. The van der Waals surface area contributed by atoms with Gasteiger partial charge in [-0.15, -0.1) is 0 Å². The third-order valence-electron chi connectivity index (χ3n) is 10.0. The zero-order valence-corrected chi connectivity index (χ0v) is 34.6. The maximum atomic E-state index is 12.5. The van der Waals surface area contributed by atoms with Crippen LogP contribution in [0.25, 0.3) is 0 Å². The molecule has 302 valence electrons. The first kappa shape index (κ1) is 49.4. The zero-order valence-electron chi connectivity index (χ0n) is 34.6. The Morgan fingerprint density at radius 3 is 0.961 bits per heavy atom. The normalized spacial score (nSPS) is 11.9. The molecule has 0 spiro atoms. The first-order chi connectivity index (χ1) is 24.9. The van der Waals surface area contributed by atoms with Crippen LogP contribution in [0.5, 0.6) is 0 Å². The molecule has 0 aliphatic heterocycles. The third-order valence-corrected chi connectivity index (χ3v) is 10.0. The van der Waals surface area contributed by atoms with Crippen molar-refractivity contribution in [3.8, 4) is 0 Å². The first-order valence-electron chi connectivity index (χ1n) is 22.4. The molecule has 0 unspecified atom stereocenters.